The number of imide groups is 1. The van der Waals surface area contributed by atoms with Gasteiger partial charge in [-0.15, -0.1) is 0 Å². The molecule has 1 aliphatic heterocycles. The quantitative estimate of drug-likeness (QED) is 0.330. The lowest BCUT2D eigenvalue weighted by Gasteiger charge is -2.31. The fourth-order valence-corrected chi connectivity index (χ4v) is 5.28. The molecule has 11 nitrogen and oxygen atoms in total. The minimum absolute atomic E-state index is 0.0306. The van der Waals surface area contributed by atoms with Gasteiger partial charge in [0, 0.05) is 44.2 Å². The molecule has 4 rings (SSSR count). The normalized spacial score (nSPS) is 18.2. The second kappa shape index (κ2) is 13.0. The minimum Gasteiger partial charge on any atom is -0.427 e. The first-order valence-corrected chi connectivity index (χ1v) is 14.5. The molecule has 1 spiro atoms. The molecule has 1 aliphatic carbocycles. The number of fused-ring (bicyclic) bond motifs is 2. The Kier molecular flexibility index (Phi) is 9.64. The molecule has 0 aromatic heterocycles. The van der Waals surface area contributed by atoms with E-state index in [1.54, 1.807) is 6.07 Å². The van der Waals surface area contributed by atoms with Crippen LogP contribution in [0.1, 0.15) is 50.8 Å². The lowest BCUT2D eigenvalue weighted by Crippen LogP contribution is -2.51. The second-order valence-corrected chi connectivity index (χ2v) is 12.2. The van der Waals surface area contributed by atoms with Crippen LogP contribution in [0.4, 0.5) is 32.8 Å². The van der Waals surface area contributed by atoms with Crippen molar-refractivity contribution < 1.29 is 46.3 Å². The van der Waals surface area contributed by atoms with E-state index >= 15 is 0 Å². The van der Waals surface area contributed by atoms with Gasteiger partial charge < -0.3 is 25.6 Å². The van der Waals surface area contributed by atoms with Crippen LogP contribution in [0.25, 0.3) is 0 Å². The Balaban J connectivity index is 1.45. The van der Waals surface area contributed by atoms with E-state index in [4.69, 9.17) is 4.74 Å². The molecule has 6 amide bonds. The highest BCUT2D eigenvalue weighted by Crippen LogP contribution is 2.46. The molecule has 2 aromatic carbocycles. The summed E-state index contributed by atoms with van der Waals surface area (Å²) in [6.45, 7) is 5.00. The van der Waals surface area contributed by atoms with Crippen molar-refractivity contribution in [2.75, 3.05) is 25.0 Å². The molecule has 1 fully saturated rings. The monoisotopic (exact) mass is 649 g/mol. The minimum atomic E-state index is -4.82. The van der Waals surface area contributed by atoms with Crippen LogP contribution < -0.4 is 16.0 Å². The average Bonchev–Trinajstić information content (AvgIpc) is 3.45. The number of carbonyl (C=O) groups is 5. The molecule has 15 heteroatoms. The van der Waals surface area contributed by atoms with Crippen LogP contribution in [-0.4, -0.2) is 71.5 Å². The molecular formula is C31H35F4N5O6. The number of anilines is 1. The summed E-state index contributed by atoms with van der Waals surface area (Å²) in [6.07, 6.45) is -5.68. The number of rotatable bonds is 10. The molecule has 1 heterocycles. The Labute approximate surface area is 262 Å². The van der Waals surface area contributed by atoms with E-state index in [-0.39, 0.29) is 30.9 Å². The molecule has 2 aromatic rings. The van der Waals surface area contributed by atoms with Crippen LogP contribution in [0.15, 0.2) is 42.5 Å². The number of nitrogens with zero attached hydrogens (tertiary/aromatic N) is 2. The third kappa shape index (κ3) is 7.57. The lowest BCUT2D eigenvalue weighted by molar-refractivity contribution is -0.187. The van der Waals surface area contributed by atoms with E-state index in [0.717, 1.165) is 19.1 Å². The molecule has 46 heavy (non-hydrogen) atoms. The van der Waals surface area contributed by atoms with Gasteiger partial charge in [-0.05, 0) is 54.2 Å². The Morgan fingerprint density at radius 3 is 2.33 bits per heavy atom. The van der Waals surface area contributed by atoms with E-state index in [0.29, 0.717) is 33.2 Å². The smallest absolute Gasteiger partial charge is 0.418 e. The van der Waals surface area contributed by atoms with Gasteiger partial charge in [-0.25, -0.2) is 18.9 Å². The van der Waals surface area contributed by atoms with E-state index in [2.05, 4.69) is 16.0 Å². The zero-order chi connectivity index (χ0) is 34.0. The predicted molar refractivity (Wildman–Crippen MR) is 157 cm³/mol. The zero-order valence-electron chi connectivity index (χ0n) is 25.7. The highest BCUT2D eigenvalue weighted by Gasteiger charge is 2.58. The number of benzene rings is 2. The molecule has 2 atom stereocenters. The summed E-state index contributed by atoms with van der Waals surface area (Å²) < 4.78 is 59.9. The molecule has 0 bridgehead atoms. The molecule has 2 aliphatic rings. The third-order valence-electron chi connectivity index (χ3n) is 7.98. The van der Waals surface area contributed by atoms with Crippen molar-refractivity contribution in [3.63, 3.8) is 0 Å². The van der Waals surface area contributed by atoms with Gasteiger partial charge in [0.05, 0.1) is 0 Å². The molecular weight excluding hydrogens is 614 g/mol. The van der Waals surface area contributed by atoms with Crippen LogP contribution in [-0.2, 0) is 37.7 Å². The third-order valence-corrected chi connectivity index (χ3v) is 7.98. The fraction of sp³-hybridized carbons (Fsp3) is 0.452. The van der Waals surface area contributed by atoms with Crippen molar-refractivity contribution in [1.29, 1.82) is 0 Å². The van der Waals surface area contributed by atoms with E-state index < -0.39 is 66.1 Å². The van der Waals surface area contributed by atoms with Gasteiger partial charge >= 0.3 is 18.3 Å². The summed E-state index contributed by atoms with van der Waals surface area (Å²) in [4.78, 5) is 64.4. The van der Waals surface area contributed by atoms with Crippen LogP contribution in [0.2, 0.25) is 0 Å². The van der Waals surface area contributed by atoms with Crippen LogP contribution in [0.5, 0.6) is 0 Å². The summed E-state index contributed by atoms with van der Waals surface area (Å²) in [5.74, 6) is -2.83. The molecule has 3 N–H and O–H groups in total. The summed E-state index contributed by atoms with van der Waals surface area (Å²) in [6, 6.07) is 6.44. The van der Waals surface area contributed by atoms with Crippen molar-refractivity contribution in [2.24, 2.45) is 5.41 Å². The van der Waals surface area contributed by atoms with Crippen molar-refractivity contribution >= 4 is 35.5 Å². The van der Waals surface area contributed by atoms with Gasteiger partial charge in [0.2, 0.25) is 17.4 Å². The number of alkyl halides is 3. The van der Waals surface area contributed by atoms with Crippen molar-refractivity contribution in [1.82, 2.24) is 20.4 Å². The maximum Gasteiger partial charge on any atom is 0.418 e. The molecule has 248 valence electrons. The number of hydrogen-bond acceptors (Lipinski definition) is 6. The summed E-state index contributed by atoms with van der Waals surface area (Å²) in [7, 11) is 0. The van der Waals surface area contributed by atoms with Gasteiger partial charge in [-0.1, -0.05) is 32.0 Å². The SMILES string of the molecule is CC(=O)NCC(C)(C)CNC(=O)Nc1ccc2c(c1)CC[C@@]21OC(=O)N(CC(=O)N(Cc2ccc(F)cc2)[C@@H](C)C(F)(F)F)C1=O. The van der Waals surface area contributed by atoms with E-state index in [9.17, 15) is 41.5 Å². The number of amides is 6. The summed E-state index contributed by atoms with van der Waals surface area (Å²) >= 11 is 0. The average molecular weight is 650 g/mol. The van der Waals surface area contributed by atoms with Gasteiger partial charge in [0.1, 0.15) is 18.4 Å². The number of aryl methyl sites for hydroxylation is 1. The first-order chi connectivity index (χ1) is 21.4. The largest absolute Gasteiger partial charge is 0.427 e. The number of nitrogens with one attached hydrogen (secondary N) is 3. The maximum absolute atomic E-state index is 13.7. The first kappa shape index (κ1) is 34.2. The van der Waals surface area contributed by atoms with Gasteiger partial charge in [-0.2, -0.15) is 13.2 Å². The first-order valence-electron chi connectivity index (χ1n) is 14.5. The van der Waals surface area contributed by atoms with Crippen LogP contribution >= 0.6 is 0 Å². The second-order valence-electron chi connectivity index (χ2n) is 12.2. The van der Waals surface area contributed by atoms with Crippen LogP contribution in [0.3, 0.4) is 0 Å². The number of ether oxygens (including phenoxy) is 1. The number of halogens is 4. The lowest BCUT2D eigenvalue weighted by atomic mass is 9.93. The highest BCUT2D eigenvalue weighted by atomic mass is 19.4. The fourth-order valence-electron chi connectivity index (χ4n) is 5.28. The summed E-state index contributed by atoms with van der Waals surface area (Å²) in [5, 5.41) is 8.14. The molecule has 1 saturated heterocycles. The van der Waals surface area contributed by atoms with Gasteiger partial charge in [-0.3, -0.25) is 14.4 Å². The standard InChI is InChI=1S/C31H35F4N5O6/c1-18(31(33,34)35)39(14-20-5-7-22(32)8-6-20)25(42)15-40-26(43)30(46-28(40)45)12-11-21-13-23(9-10-24(21)30)38-27(44)37-17-29(3,4)16-36-19(2)41/h5-10,13,18H,11-12,14-17H2,1-4H3,(H,36,41)(H2,37,38,44)/t18-,30+/m0/s1. The number of hydrogen-bond donors (Lipinski definition) is 3. The van der Waals surface area contributed by atoms with Gasteiger partial charge in [0.15, 0.2) is 0 Å². The Morgan fingerprint density at radius 2 is 1.70 bits per heavy atom. The van der Waals surface area contributed by atoms with E-state index in [1.807, 2.05) is 13.8 Å². The summed E-state index contributed by atoms with van der Waals surface area (Å²) in [5.41, 5.74) is -0.630. The van der Waals surface area contributed by atoms with Crippen molar-refractivity contribution in [3.8, 4) is 0 Å². The van der Waals surface area contributed by atoms with Gasteiger partial charge in [0.25, 0.3) is 5.91 Å². The van der Waals surface area contributed by atoms with Crippen LogP contribution in [0, 0.1) is 11.2 Å². The molecule has 0 radical (unpaired) electrons. The topological polar surface area (TPSA) is 137 Å². The Hall–Kier alpha value is -4.69. The highest BCUT2D eigenvalue weighted by molar-refractivity contribution is 6.06. The zero-order valence-corrected chi connectivity index (χ0v) is 25.7. The van der Waals surface area contributed by atoms with Crippen molar-refractivity contribution in [2.45, 2.75) is 64.9 Å². The van der Waals surface area contributed by atoms with E-state index in [1.165, 1.54) is 31.2 Å². The maximum atomic E-state index is 13.7. The molecule has 0 saturated carbocycles. The number of carbonyl (C=O) groups excluding carboxylic acids is 5. The predicted octanol–water partition coefficient (Wildman–Crippen LogP) is 4.21. The molecule has 0 unspecified atom stereocenters. The Morgan fingerprint density at radius 1 is 1.04 bits per heavy atom. The number of urea groups is 1. The Bertz CT molecular complexity index is 1530. The van der Waals surface area contributed by atoms with Crippen molar-refractivity contribution in [3.05, 3.63) is 65.0 Å².